The van der Waals surface area contributed by atoms with Crippen molar-refractivity contribution in [3.8, 4) is 0 Å². The molecule has 0 spiro atoms. The number of nitrogens with zero attached hydrogens (tertiary/aromatic N) is 1. The first-order chi connectivity index (χ1) is 8.19. The van der Waals surface area contributed by atoms with E-state index >= 15 is 0 Å². The quantitative estimate of drug-likeness (QED) is 0.892. The summed E-state index contributed by atoms with van der Waals surface area (Å²) in [5, 5.41) is 2.81. The Kier molecular flexibility index (Phi) is 4.56. The highest BCUT2D eigenvalue weighted by Gasteiger charge is 2.19. The molecule has 1 aromatic rings. The fraction of sp³-hybridized carbons (Fsp3) is 0.500. The minimum atomic E-state index is -0.295. The van der Waals surface area contributed by atoms with Gasteiger partial charge in [-0.05, 0) is 42.8 Å². The highest BCUT2D eigenvalue weighted by molar-refractivity contribution is 9.10. The second-order valence-corrected chi connectivity index (χ2v) is 6.11. The highest BCUT2D eigenvalue weighted by atomic mass is 79.9. The van der Waals surface area contributed by atoms with E-state index in [9.17, 15) is 9.59 Å². The van der Waals surface area contributed by atoms with E-state index in [-0.39, 0.29) is 23.9 Å². The van der Waals surface area contributed by atoms with Gasteiger partial charge in [0.1, 0.15) is 5.69 Å². The summed E-state index contributed by atoms with van der Waals surface area (Å²) in [5.74, 6) is -0.395. The van der Waals surface area contributed by atoms with Gasteiger partial charge in [-0.2, -0.15) is 0 Å². The molecule has 0 aliphatic heterocycles. The number of aromatic nitrogens is 1. The number of carbonyl (C=O) groups excluding carboxylic acids is 2. The van der Waals surface area contributed by atoms with Crippen LogP contribution in [0.4, 0.5) is 0 Å². The van der Waals surface area contributed by atoms with Gasteiger partial charge in [0.05, 0.1) is 6.54 Å². The molecule has 100 valence electrons. The number of amides is 2. The summed E-state index contributed by atoms with van der Waals surface area (Å²) < 4.78 is 0.804. The third-order valence-corrected chi connectivity index (χ3v) is 2.58. The molecule has 2 amide bonds. The largest absolute Gasteiger partial charge is 0.356 e. The van der Waals surface area contributed by atoms with Gasteiger partial charge in [0.25, 0.3) is 5.91 Å². The van der Waals surface area contributed by atoms with E-state index in [0.29, 0.717) is 5.69 Å². The number of likely N-dealkylation sites (N-methyl/N-ethyl adjacent to an activating group) is 1. The lowest BCUT2D eigenvalue weighted by atomic mass is 10.1. The zero-order chi connectivity index (χ0) is 13.9. The van der Waals surface area contributed by atoms with Crippen LogP contribution in [0.5, 0.6) is 0 Å². The summed E-state index contributed by atoms with van der Waals surface area (Å²) in [6.07, 6.45) is 1.68. The fourth-order valence-electron chi connectivity index (χ4n) is 1.44. The molecule has 0 saturated heterocycles. The van der Waals surface area contributed by atoms with Crippen molar-refractivity contribution in [1.82, 2.24) is 15.2 Å². The molecule has 0 saturated carbocycles. The van der Waals surface area contributed by atoms with E-state index in [1.807, 2.05) is 20.8 Å². The van der Waals surface area contributed by atoms with Crippen LogP contribution >= 0.6 is 15.9 Å². The van der Waals surface area contributed by atoms with Crippen LogP contribution in [0.25, 0.3) is 0 Å². The summed E-state index contributed by atoms with van der Waals surface area (Å²) in [6.45, 7) is 5.73. The van der Waals surface area contributed by atoms with Crippen LogP contribution < -0.4 is 5.32 Å². The number of aromatic amines is 1. The molecule has 0 aliphatic rings. The van der Waals surface area contributed by atoms with Crippen LogP contribution in [0.3, 0.4) is 0 Å². The molecular formula is C12H18BrN3O2. The fourth-order valence-corrected chi connectivity index (χ4v) is 1.79. The topological polar surface area (TPSA) is 65.2 Å². The van der Waals surface area contributed by atoms with E-state index in [4.69, 9.17) is 0 Å². The molecular weight excluding hydrogens is 298 g/mol. The summed E-state index contributed by atoms with van der Waals surface area (Å²) >= 11 is 3.26. The van der Waals surface area contributed by atoms with Gasteiger partial charge in [0.2, 0.25) is 5.91 Å². The predicted octanol–water partition coefficient (Wildman–Crippen LogP) is 1.76. The number of rotatable bonds is 3. The van der Waals surface area contributed by atoms with Gasteiger partial charge >= 0.3 is 0 Å². The first-order valence-corrected chi connectivity index (χ1v) is 6.39. The molecule has 5 nitrogen and oxygen atoms in total. The Morgan fingerprint density at radius 3 is 2.50 bits per heavy atom. The molecule has 18 heavy (non-hydrogen) atoms. The Labute approximate surface area is 115 Å². The molecule has 0 atom stereocenters. The second kappa shape index (κ2) is 5.56. The minimum absolute atomic E-state index is 0.0345. The molecule has 1 rings (SSSR count). The van der Waals surface area contributed by atoms with Crippen LogP contribution in [0, 0.1) is 0 Å². The number of nitrogens with one attached hydrogen (secondary N) is 2. The van der Waals surface area contributed by atoms with Gasteiger partial charge < -0.3 is 15.2 Å². The number of carbonyl (C=O) groups is 2. The zero-order valence-corrected chi connectivity index (χ0v) is 12.6. The first-order valence-electron chi connectivity index (χ1n) is 5.59. The van der Waals surface area contributed by atoms with Crippen LogP contribution in [0.1, 0.15) is 31.3 Å². The molecule has 1 heterocycles. The normalized spacial score (nSPS) is 11.2. The van der Waals surface area contributed by atoms with Crippen molar-refractivity contribution in [3.63, 3.8) is 0 Å². The second-order valence-electron chi connectivity index (χ2n) is 5.19. The Morgan fingerprint density at radius 1 is 1.44 bits per heavy atom. The number of hydrogen-bond donors (Lipinski definition) is 2. The van der Waals surface area contributed by atoms with Crippen molar-refractivity contribution in [2.24, 2.45) is 0 Å². The van der Waals surface area contributed by atoms with Crippen LogP contribution in [0.2, 0.25) is 0 Å². The minimum Gasteiger partial charge on any atom is -0.356 e. The van der Waals surface area contributed by atoms with E-state index < -0.39 is 0 Å². The Bertz CT molecular complexity index is 448. The van der Waals surface area contributed by atoms with Crippen LogP contribution in [-0.2, 0) is 4.79 Å². The smallest absolute Gasteiger partial charge is 0.270 e. The van der Waals surface area contributed by atoms with Gasteiger partial charge in [-0.25, -0.2) is 0 Å². The van der Waals surface area contributed by atoms with Gasteiger partial charge in [0, 0.05) is 23.3 Å². The molecule has 2 N–H and O–H groups in total. The van der Waals surface area contributed by atoms with Gasteiger partial charge in [0.15, 0.2) is 0 Å². The highest BCUT2D eigenvalue weighted by Crippen LogP contribution is 2.11. The van der Waals surface area contributed by atoms with E-state index in [2.05, 4.69) is 26.2 Å². The monoisotopic (exact) mass is 315 g/mol. The Morgan fingerprint density at radius 2 is 2.06 bits per heavy atom. The third kappa shape index (κ3) is 4.52. The molecule has 0 radical (unpaired) electrons. The van der Waals surface area contributed by atoms with Crippen molar-refractivity contribution in [2.45, 2.75) is 26.3 Å². The zero-order valence-electron chi connectivity index (χ0n) is 11.0. The molecule has 1 aromatic heterocycles. The number of hydrogen-bond acceptors (Lipinski definition) is 2. The van der Waals surface area contributed by atoms with Crippen molar-refractivity contribution < 1.29 is 9.59 Å². The Hall–Kier alpha value is -1.30. The molecule has 0 bridgehead atoms. The molecule has 0 fully saturated rings. The van der Waals surface area contributed by atoms with Gasteiger partial charge in [-0.3, -0.25) is 9.59 Å². The average molecular weight is 316 g/mol. The number of H-pyrrole nitrogens is 1. The first kappa shape index (κ1) is 14.8. The lowest BCUT2D eigenvalue weighted by Crippen LogP contribution is -2.46. The van der Waals surface area contributed by atoms with E-state index in [0.717, 1.165) is 4.47 Å². The van der Waals surface area contributed by atoms with Crippen molar-refractivity contribution in [1.29, 1.82) is 0 Å². The summed E-state index contributed by atoms with van der Waals surface area (Å²) in [6, 6.07) is 1.68. The van der Waals surface area contributed by atoms with E-state index in [1.165, 1.54) is 4.90 Å². The number of halogens is 1. The summed E-state index contributed by atoms with van der Waals surface area (Å²) in [5.41, 5.74) is 0.157. The molecule has 6 heteroatoms. The third-order valence-electron chi connectivity index (χ3n) is 2.12. The molecule has 0 unspecified atom stereocenters. The van der Waals surface area contributed by atoms with Crippen LogP contribution in [0.15, 0.2) is 16.7 Å². The van der Waals surface area contributed by atoms with Crippen LogP contribution in [-0.4, -0.2) is 40.8 Å². The van der Waals surface area contributed by atoms with Crippen molar-refractivity contribution in [2.75, 3.05) is 13.6 Å². The molecule has 0 aromatic carbocycles. The SMILES string of the molecule is CN(CC(=O)NC(C)(C)C)C(=O)c1cc(Br)c[nH]1. The maximum absolute atomic E-state index is 12.0. The average Bonchev–Trinajstić information content (AvgIpc) is 2.60. The van der Waals surface area contributed by atoms with Gasteiger partial charge in [-0.1, -0.05) is 0 Å². The Balaban J connectivity index is 2.58. The van der Waals surface area contributed by atoms with Gasteiger partial charge in [-0.15, -0.1) is 0 Å². The maximum atomic E-state index is 12.0. The standard InChI is InChI=1S/C12H18BrN3O2/c1-12(2,3)15-10(17)7-16(4)11(18)9-5-8(13)6-14-9/h5-6,14H,7H2,1-4H3,(H,15,17). The summed E-state index contributed by atoms with van der Waals surface area (Å²) in [7, 11) is 1.60. The van der Waals surface area contributed by atoms with Crippen molar-refractivity contribution >= 4 is 27.7 Å². The van der Waals surface area contributed by atoms with E-state index in [1.54, 1.807) is 19.3 Å². The lowest BCUT2D eigenvalue weighted by Gasteiger charge is -2.23. The summed E-state index contributed by atoms with van der Waals surface area (Å²) in [4.78, 5) is 27.9. The lowest BCUT2D eigenvalue weighted by molar-refractivity contribution is -0.122. The van der Waals surface area contributed by atoms with Crippen molar-refractivity contribution in [3.05, 3.63) is 22.4 Å². The predicted molar refractivity (Wildman–Crippen MR) is 73.3 cm³/mol. The molecule has 0 aliphatic carbocycles. The maximum Gasteiger partial charge on any atom is 0.270 e.